The van der Waals surface area contributed by atoms with Crippen LogP contribution in [0.3, 0.4) is 0 Å². The quantitative estimate of drug-likeness (QED) is 0.339. The van der Waals surface area contributed by atoms with Crippen LogP contribution in [0.25, 0.3) is 0 Å². The molecule has 26 heavy (non-hydrogen) atoms. The van der Waals surface area contributed by atoms with Gasteiger partial charge in [-0.25, -0.2) is 0 Å². The van der Waals surface area contributed by atoms with E-state index in [2.05, 4.69) is 22.5 Å². The second-order valence-electron chi connectivity index (χ2n) is 6.78. The van der Waals surface area contributed by atoms with Crippen molar-refractivity contribution in [2.75, 3.05) is 52.5 Å². The van der Waals surface area contributed by atoms with Gasteiger partial charge in [0.05, 0.1) is 19.5 Å². The van der Waals surface area contributed by atoms with E-state index in [4.69, 9.17) is 14.1 Å². The number of furan rings is 1. The average Bonchev–Trinajstić information content (AvgIpc) is 3.19. The minimum absolute atomic E-state index is 0.831. The smallest absolute Gasteiger partial charge is 0.191 e. The van der Waals surface area contributed by atoms with Crippen molar-refractivity contribution in [1.82, 2.24) is 15.5 Å². The highest BCUT2D eigenvalue weighted by atomic mass is 16.5. The zero-order chi connectivity index (χ0) is 18.3. The van der Waals surface area contributed by atoms with Crippen LogP contribution in [0.5, 0.6) is 0 Å². The van der Waals surface area contributed by atoms with E-state index >= 15 is 0 Å². The van der Waals surface area contributed by atoms with Crippen LogP contribution in [-0.2, 0) is 11.2 Å². The highest BCUT2D eigenvalue weighted by molar-refractivity contribution is 5.79. The normalized spacial score (nSPS) is 16.0. The molecule has 2 heterocycles. The highest BCUT2D eigenvalue weighted by Gasteiger charge is 2.09. The van der Waals surface area contributed by atoms with Crippen molar-refractivity contribution >= 4 is 5.96 Å². The van der Waals surface area contributed by atoms with Crippen molar-refractivity contribution in [1.29, 1.82) is 0 Å². The molecule has 1 fully saturated rings. The topological polar surface area (TPSA) is 62.0 Å². The molecule has 0 radical (unpaired) electrons. The predicted molar refractivity (Wildman–Crippen MR) is 107 cm³/mol. The molecule has 6 heteroatoms. The second kappa shape index (κ2) is 13.6. The molecule has 2 rings (SSSR count). The summed E-state index contributed by atoms with van der Waals surface area (Å²) in [7, 11) is 0. The highest BCUT2D eigenvalue weighted by Crippen LogP contribution is 2.00. The molecule has 6 nitrogen and oxygen atoms in total. The van der Waals surface area contributed by atoms with Crippen LogP contribution < -0.4 is 10.6 Å². The second-order valence-corrected chi connectivity index (χ2v) is 6.78. The van der Waals surface area contributed by atoms with Crippen molar-refractivity contribution in [2.24, 2.45) is 4.99 Å². The van der Waals surface area contributed by atoms with Crippen LogP contribution in [0, 0.1) is 0 Å². The van der Waals surface area contributed by atoms with Crippen molar-refractivity contribution in [3.05, 3.63) is 24.2 Å². The fraction of sp³-hybridized carbons (Fsp3) is 0.750. The summed E-state index contributed by atoms with van der Waals surface area (Å²) in [4.78, 5) is 7.21. The fourth-order valence-electron chi connectivity index (χ4n) is 3.00. The first-order valence-corrected chi connectivity index (χ1v) is 10.2. The Morgan fingerprint density at radius 1 is 1.12 bits per heavy atom. The number of nitrogens with zero attached hydrogens (tertiary/aromatic N) is 2. The predicted octanol–water partition coefficient (Wildman–Crippen LogP) is 2.66. The molecule has 1 aliphatic heterocycles. The number of rotatable bonds is 12. The third kappa shape index (κ3) is 9.25. The number of hydrogen-bond donors (Lipinski definition) is 2. The first kappa shape index (κ1) is 20.8. The Labute approximate surface area is 158 Å². The number of guanidine groups is 1. The van der Waals surface area contributed by atoms with Gasteiger partial charge in [0.1, 0.15) is 5.76 Å². The summed E-state index contributed by atoms with van der Waals surface area (Å²) >= 11 is 0. The van der Waals surface area contributed by atoms with E-state index in [1.54, 1.807) is 6.26 Å². The largest absolute Gasteiger partial charge is 0.469 e. The number of aliphatic imine (C=N–C) groups is 1. The van der Waals surface area contributed by atoms with E-state index in [1.807, 2.05) is 12.1 Å². The molecule has 1 saturated heterocycles. The minimum Gasteiger partial charge on any atom is -0.469 e. The maximum Gasteiger partial charge on any atom is 0.191 e. The summed E-state index contributed by atoms with van der Waals surface area (Å²) in [6, 6.07) is 3.95. The van der Waals surface area contributed by atoms with Crippen LogP contribution in [0.4, 0.5) is 0 Å². The lowest BCUT2D eigenvalue weighted by atomic mass is 10.2. The fourth-order valence-corrected chi connectivity index (χ4v) is 3.00. The van der Waals surface area contributed by atoms with E-state index in [0.29, 0.717) is 0 Å². The Balaban J connectivity index is 1.66. The summed E-state index contributed by atoms with van der Waals surface area (Å²) in [6.07, 6.45) is 8.73. The molecule has 0 saturated carbocycles. The Bertz CT molecular complexity index is 470. The van der Waals surface area contributed by atoms with Crippen molar-refractivity contribution in [3.8, 4) is 0 Å². The van der Waals surface area contributed by atoms with Crippen molar-refractivity contribution in [2.45, 2.75) is 45.4 Å². The van der Waals surface area contributed by atoms with Crippen LogP contribution in [-0.4, -0.2) is 63.3 Å². The molecule has 0 aliphatic carbocycles. The van der Waals surface area contributed by atoms with E-state index in [1.165, 1.54) is 25.7 Å². The summed E-state index contributed by atoms with van der Waals surface area (Å²) in [5.41, 5.74) is 0. The summed E-state index contributed by atoms with van der Waals surface area (Å²) in [5, 5.41) is 6.90. The summed E-state index contributed by atoms with van der Waals surface area (Å²) < 4.78 is 10.8. The molecule has 1 aromatic rings. The van der Waals surface area contributed by atoms with Gasteiger partial charge in [0, 0.05) is 45.7 Å². The van der Waals surface area contributed by atoms with E-state index in [0.717, 1.165) is 77.0 Å². The van der Waals surface area contributed by atoms with Gasteiger partial charge in [-0.05, 0) is 25.0 Å². The van der Waals surface area contributed by atoms with Crippen LogP contribution >= 0.6 is 0 Å². The van der Waals surface area contributed by atoms with E-state index in [-0.39, 0.29) is 0 Å². The van der Waals surface area contributed by atoms with Gasteiger partial charge in [0.15, 0.2) is 5.96 Å². The van der Waals surface area contributed by atoms with Crippen LogP contribution in [0.15, 0.2) is 27.8 Å². The number of hydrogen-bond acceptors (Lipinski definition) is 4. The number of nitrogens with one attached hydrogen (secondary N) is 2. The number of ether oxygens (including phenoxy) is 1. The first-order valence-electron chi connectivity index (χ1n) is 10.2. The average molecular weight is 365 g/mol. The molecule has 0 aromatic carbocycles. The first-order chi connectivity index (χ1) is 12.9. The van der Waals surface area contributed by atoms with Gasteiger partial charge in [0.2, 0.25) is 0 Å². The van der Waals surface area contributed by atoms with Gasteiger partial charge in [-0.15, -0.1) is 0 Å². The lowest BCUT2D eigenvalue weighted by Gasteiger charge is -2.26. The molecule has 1 aliphatic rings. The lowest BCUT2D eigenvalue weighted by molar-refractivity contribution is 0.0377. The Morgan fingerprint density at radius 2 is 1.96 bits per heavy atom. The van der Waals surface area contributed by atoms with Gasteiger partial charge < -0.3 is 19.8 Å². The molecule has 148 valence electrons. The maximum atomic E-state index is 5.39. The number of morpholine rings is 1. The van der Waals surface area contributed by atoms with Crippen LogP contribution in [0.1, 0.15) is 44.8 Å². The van der Waals surface area contributed by atoms with Gasteiger partial charge in [-0.3, -0.25) is 9.89 Å². The molecular weight excluding hydrogens is 328 g/mol. The molecule has 0 amide bonds. The van der Waals surface area contributed by atoms with E-state index in [9.17, 15) is 0 Å². The molecular formula is C20H36N4O2. The molecule has 0 unspecified atom stereocenters. The van der Waals surface area contributed by atoms with Crippen molar-refractivity contribution in [3.63, 3.8) is 0 Å². The molecule has 0 atom stereocenters. The Hall–Kier alpha value is -1.53. The zero-order valence-corrected chi connectivity index (χ0v) is 16.3. The van der Waals surface area contributed by atoms with Crippen LogP contribution in [0.2, 0.25) is 0 Å². The SMILES string of the molecule is CCCCCCNC(=NCCCN1CCOCC1)NCCc1ccco1. The monoisotopic (exact) mass is 364 g/mol. The van der Waals surface area contributed by atoms with Gasteiger partial charge in [0.25, 0.3) is 0 Å². The molecule has 1 aromatic heterocycles. The van der Waals surface area contributed by atoms with Gasteiger partial charge >= 0.3 is 0 Å². The standard InChI is InChI=1S/C20H36N4O2/c1-2-3-4-5-10-21-20(23-12-9-19-8-6-16-26-19)22-11-7-13-24-14-17-25-18-15-24/h6,8,16H,2-5,7,9-15,17-18H2,1H3,(H2,21,22,23). The zero-order valence-electron chi connectivity index (χ0n) is 16.3. The molecule has 2 N–H and O–H groups in total. The molecule has 0 spiro atoms. The Morgan fingerprint density at radius 3 is 2.73 bits per heavy atom. The molecule has 0 bridgehead atoms. The number of unbranched alkanes of at least 4 members (excludes halogenated alkanes) is 3. The van der Waals surface area contributed by atoms with Crippen molar-refractivity contribution < 1.29 is 9.15 Å². The summed E-state index contributed by atoms with van der Waals surface area (Å²) in [6.45, 7) is 9.83. The Kier molecular flexibility index (Phi) is 10.9. The maximum absolute atomic E-state index is 5.39. The summed E-state index contributed by atoms with van der Waals surface area (Å²) in [5.74, 6) is 1.93. The third-order valence-corrected chi connectivity index (χ3v) is 4.57. The minimum atomic E-state index is 0.831. The van der Waals surface area contributed by atoms with Gasteiger partial charge in [-0.1, -0.05) is 26.2 Å². The lowest BCUT2D eigenvalue weighted by Crippen LogP contribution is -2.39. The van der Waals surface area contributed by atoms with E-state index < -0.39 is 0 Å². The van der Waals surface area contributed by atoms with Gasteiger partial charge in [-0.2, -0.15) is 0 Å². The third-order valence-electron chi connectivity index (χ3n) is 4.57.